The van der Waals surface area contributed by atoms with Gasteiger partial charge in [0.1, 0.15) is 11.6 Å². The predicted molar refractivity (Wildman–Crippen MR) is 90.1 cm³/mol. The Morgan fingerprint density at radius 2 is 1.96 bits per heavy atom. The first kappa shape index (κ1) is 17.3. The molecule has 2 amide bonds. The number of likely N-dealkylation sites (tertiary alicyclic amines) is 1. The zero-order chi connectivity index (χ0) is 18.4. The molecule has 7 heteroatoms. The average Bonchev–Trinajstić information content (AvgIpc) is 3.06. The highest BCUT2D eigenvalue weighted by molar-refractivity contribution is 6.07. The molecule has 1 fully saturated rings. The monoisotopic (exact) mass is 346 g/mol. The van der Waals surface area contributed by atoms with Crippen LogP contribution in [-0.4, -0.2) is 48.2 Å². The van der Waals surface area contributed by atoms with Gasteiger partial charge in [-0.05, 0) is 38.8 Å². The number of anilines is 1. The second-order valence-electron chi connectivity index (χ2n) is 7.43. The number of nitrogens with one attached hydrogen (secondary N) is 1. The molecule has 0 unspecified atom stereocenters. The maximum Gasteiger partial charge on any atom is 0.411 e. The smallest absolute Gasteiger partial charge is 0.411 e. The van der Waals surface area contributed by atoms with E-state index in [1.54, 1.807) is 20.8 Å². The summed E-state index contributed by atoms with van der Waals surface area (Å²) >= 11 is 0. The van der Waals surface area contributed by atoms with Gasteiger partial charge in [-0.25, -0.2) is 9.59 Å². The number of hydrogen-bond donors (Lipinski definition) is 1. The first-order valence-electron chi connectivity index (χ1n) is 8.16. The number of hydrogen-bond acceptors (Lipinski definition) is 5. The van der Waals surface area contributed by atoms with Crippen molar-refractivity contribution in [1.29, 1.82) is 0 Å². The molecule has 1 N–H and O–H groups in total. The summed E-state index contributed by atoms with van der Waals surface area (Å²) in [5.74, 6) is -0.770. The first-order chi connectivity index (χ1) is 11.7. The lowest BCUT2D eigenvalue weighted by Crippen LogP contribution is -2.44. The molecule has 0 aromatic heterocycles. The van der Waals surface area contributed by atoms with Crippen LogP contribution in [0.4, 0.5) is 10.5 Å². The summed E-state index contributed by atoms with van der Waals surface area (Å²) in [6.45, 7) is 5.33. The van der Waals surface area contributed by atoms with Crippen molar-refractivity contribution in [1.82, 2.24) is 4.90 Å². The van der Waals surface area contributed by atoms with Gasteiger partial charge in [0.15, 0.2) is 0 Å². The molecule has 2 aliphatic rings. The summed E-state index contributed by atoms with van der Waals surface area (Å²) in [5.41, 5.74) is -0.169. The van der Waals surface area contributed by atoms with Crippen LogP contribution in [0.15, 0.2) is 24.3 Å². The van der Waals surface area contributed by atoms with Gasteiger partial charge in [0.05, 0.1) is 12.5 Å². The molecule has 2 atom stereocenters. The Hall–Kier alpha value is -2.57. The molecule has 1 spiro atoms. The van der Waals surface area contributed by atoms with Crippen LogP contribution in [0.1, 0.15) is 32.8 Å². The molecule has 0 saturated carbocycles. The summed E-state index contributed by atoms with van der Waals surface area (Å²) in [6, 6.07) is 6.46. The van der Waals surface area contributed by atoms with Gasteiger partial charge in [0, 0.05) is 12.2 Å². The second kappa shape index (κ2) is 5.75. The Balaban J connectivity index is 1.99. The normalized spacial score (nSPS) is 24.9. The molecule has 1 aromatic rings. The van der Waals surface area contributed by atoms with Crippen molar-refractivity contribution in [3.05, 3.63) is 29.8 Å². The number of fused-ring (bicyclic) bond motifs is 2. The fourth-order valence-electron chi connectivity index (χ4n) is 3.50. The van der Waals surface area contributed by atoms with Crippen LogP contribution in [0.2, 0.25) is 0 Å². The van der Waals surface area contributed by atoms with E-state index in [1.807, 2.05) is 24.3 Å². The van der Waals surface area contributed by atoms with Crippen LogP contribution in [0.3, 0.4) is 0 Å². The molecule has 0 radical (unpaired) electrons. The zero-order valence-electron chi connectivity index (χ0n) is 14.8. The van der Waals surface area contributed by atoms with Gasteiger partial charge in [-0.15, -0.1) is 0 Å². The molecule has 7 nitrogen and oxygen atoms in total. The predicted octanol–water partition coefficient (Wildman–Crippen LogP) is 2.06. The number of rotatable bonds is 1. The Bertz CT molecular complexity index is 739. The fourth-order valence-corrected chi connectivity index (χ4v) is 3.50. The molecule has 3 rings (SSSR count). The van der Waals surface area contributed by atoms with E-state index in [0.29, 0.717) is 5.69 Å². The SMILES string of the molecule is COC(=O)[C@H]1C[C@]2(CN1C(=O)OC(C)(C)C)C(=O)Nc1ccccc12. The van der Waals surface area contributed by atoms with Gasteiger partial charge >= 0.3 is 12.1 Å². The number of amides is 2. The number of ether oxygens (including phenoxy) is 2. The van der Waals surface area contributed by atoms with Crippen LogP contribution in [0.25, 0.3) is 0 Å². The second-order valence-corrected chi connectivity index (χ2v) is 7.43. The van der Waals surface area contributed by atoms with E-state index in [2.05, 4.69) is 5.32 Å². The number of carbonyl (C=O) groups excluding carboxylic acids is 3. The molecule has 1 aromatic carbocycles. The number of methoxy groups -OCH3 is 1. The molecule has 0 aliphatic carbocycles. The van der Waals surface area contributed by atoms with Gasteiger partial charge in [-0.2, -0.15) is 0 Å². The first-order valence-corrected chi connectivity index (χ1v) is 8.16. The largest absolute Gasteiger partial charge is 0.467 e. The third-order valence-corrected chi connectivity index (χ3v) is 4.59. The summed E-state index contributed by atoms with van der Waals surface area (Å²) < 4.78 is 10.3. The van der Waals surface area contributed by atoms with Crippen molar-refractivity contribution in [2.75, 3.05) is 19.0 Å². The summed E-state index contributed by atoms with van der Waals surface area (Å²) in [6.07, 6.45) is -0.459. The number of para-hydroxylation sites is 1. The minimum atomic E-state index is -0.966. The van der Waals surface area contributed by atoms with Crippen molar-refractivity contribution in [2.24, 2.45) is 0 Å². The van der Waals surface area contributed by atoms with E-state index >= 15 is 0 Å². The van der Waals surface area contributed by atoms with Crippen LogP contribution < -0.4 is 5.32 Å². The molecule has 2 heterocycles. The van der Waals surface area contributed by atoms with E-state index in [0.717, 1.165) is 5.56 Å². The van der Waals surface area contributed by atoms with Gasteiger partial charge in [-0.3, -0.25) is 9.69 Å². The highest BCUT2D eigenvalue weighted by atomic mass is 16.6. The minimum Gasteiger partial charge on any atom is -0.467 e. The van der Waals surface area contributed by atoms with Crippen LogP contribution in [0, 0.1) is 0 Å². The molecular formula is C18H22N2O5. The van der Waals surface area contributed by atoms with E-state index in [4.69, 9.17) is 9.47 Å². The lowest BCUT2D eigenvalue weighted by atomic mass is 9.79. The minimum absolute atomic E-state index is 0.0739. The molecule has 2 aliphatic heterocycles. The Kier molecular flexibility index (Phi) is 3.97. The van der Waals surface area contributed by atoms with Crippen molar-refractivity contribution < 1.29 is 23.9 Å². The molecule has 134 valence electrons. The Labute approximate surface area is 146 Å². The standard InChI is InChI=1S/C18H22N2O5/c1-17(2,3)25-16(23)20-10-18(9-13(20)14(21)24-4)11-7-5-6-8-12(11)19-15(18)22/h5-8,13H,9-10H2,1-4H3,(H,19,22)/t13-,18-/m1/s1. The van der Waals surface area contributed by atoms with Crippen molar-refractivity contribution in [3.8, 4) is 0 Å². The van der Waals surface area contributed by atoms with Gasteiger partial charge < -0.3 is 14.8 Å². The molecule has 0 bridgehead atoms. The van der Waals surface area contributed by atoms with Crippen LogP contribution in [-0.2, 0) is 24.5 Å². The van der Waals surface area contributed by atoms with Crippen molar-refractivity contribution in [3.63, 3.8) is 0 Å². The summed E-state index contributed by atoms with van der Waals surface area (Å²) in [7, 11) is 1.27. The average molecular weight is 346 g/mol. The Morgan fingerprint density at radius 3 is 2.60 bits per heavy atom. The van der Waals surface area contributed by atoms with Crippen LogP contribution in [0.5, 0.6) is 0 Å². The topological polar surface area (TPSA) is 84.9 Å². The van der Waals surface area contributed by atoms with E-state index < -0.39 is 29.1 Å². The Morgan fingerprint density at radius 1 is 1.28 bits per heavy atom. The van der Waals surface area contributed by atoms with Gasteiger partial charge in [0.25, 0.3) is 0 Å². The van der Waals surface area contributed by atoms with Crippen LogP contribution >= 0.6 is 0 Å². The number of nitrogens with zero attached hydrogens (tertiary/aromatic N) is 1. The maximum atomic E-state index is 12.7. The lowest BCUT2D eigenvalue weighted by Gasteiger charge is -2.27. The zero-order valence-corrected chi connectivity index (χ0v) is 14.8. The van der Waals surface area contributed by atoms with E-state index in [9.17, 15) is 14.4 Å². The molecule has 25 heavy (non-hydrogen) atoms. The number of benzene rings is 1. The highest BCUT2D eigenvalue weighted by Crippen LogP contribution is 2.46. The summed E-state index contributed by atoms with van der Waals surface area (Å²) in [5, 5.41) is 2.85. The lowest BCUT2D eigenvalue weighted by molar-refractivity contribution is -0.145. The molecule has 1 saturated heterocycles. The highest BCUT2D eigenvalue weighted by Gasteiger charge is 2.58. The van der Waals surface area contributed by atoms with Gasteiger partial charge in [-0.1, -0.05) is 18.2 Å². The van der Waals surface area contributed by atoms with Crippen molar-refractivity contribution >= 4 is 23.7 Å². The molecular weight excluding hydrogens is 324 g/mol. The van der Waals surface area contributed by atoms with E-state index in [1.165, 1.54) is 12.0 Å². The van der Waals surface area contributed by atoms with Crippen molar-refractivity contribution in [2.45, 2.75) is 44.2 Å². The third kappa shape index (κ3) is 2.83. The fraction of sp³-hybridized carbons (Fsp3) is 0.500. The third-order valence-electron chi connectivity index (χ3n) is 4.59. The summed E-state index contributed by atoms with van der Waals surface area (Å²) in [4.78, 5) is 38.9. The van der Waals surface area contributed by atoms with E-state index in [-0.39, 0.29) is 18.9 Å². The maximum absolute atomic E-state index is 12.7. The number of carbonyl (C=O) groups is 3. The quantitative estimate of drug-likeness (QED) is 0.787. The van der Waals surface area contributed by atoms with Gasteiger partial charge in [0.2, 0.25) is 5.91 Å². The number of esters is 1.